The van der Waals surface area contributed by atoms with Gasteiger partial charge in [-0.15, -0.1) is 0 Å². The third-order valence-electron chi connectivity index (χ3n) is 4.49. The number of aromatic amines is 1. The molecule has 27 heavy (non-hydrogen) atoms. The average molecular weight is 369 g/mol. The molecule has 0 atom stereocenters. The highest BCUT2D eigenvalue weighted by Crippen LogP contribution is 2.17. The van der Waals surface area contributed by atoms with E-state index in [4.69, 9.17) is 4.42 Å². The summed E-state index contributed by atoms with van der Waals surface area (Å²) in [6.07, 6.45) is 7.60. The Morgan fingerprint density at radius 2 is 2.19 bits per heavy atom. The summed E-state index contributed by atoms with van der Waals surface area (Å²) in [5, 5.41) is 7.08. The second-order valence-electron chi connectivity index (χ2n) is 6.35. The highest BCUT2D eigenvalue weighted by Gasteiger charge is 2.17. The van der Waals surface area contributed by atoms with Crippen LogP contribution in [0.5, 0.6) is 0 Å². The zero-order chi connectivity index (χ0) is 19.2. The van der Waals surface area contributed by atoms with Crippen molar-refractivity contribution in [3.8, 4) is 5.95 Å². The van der Waals surface area contributed by atoms with E-state index in [1.54, 1.807) is 13.2 Å². The summed E-state index contributed by atoms with van der Waals surface area (Å²) in [6.45, 7) is 2.59. The Morgan fingerprint density at radius 3 is 2.85 bits per heavy atom. The van der Waals surface area contributed by atoms with Gasteiger partial charge in [0.15, 0.2) is 6.29 Å². The van der Waals surface area contributed by atoms with Gasteiger partial charge in [0.25, 0.3) is 5.56 Å². The molecule has 3 aromatic rings. The average Bonchev–Trinajstić information content (AvgIpc) is 3.32. The molecule has 0 saturated carbocycles. The highest BCUT2D eigenvalue weighted by atomic mass is 16.3. The number of carbonyl (C=O) groups excluding carboxylic acids is 1. The van der Waals surface area contributed by atoms with Crippen LogP contribution < -0.4 is 10.9 Å². The van der Waals surface area contributed by atoms with Crippen molar-refractivity contribution in [2.24, 2.45) is 0 Å². The standard InChI is InChI=1S/C13H14N4O2.C6H9NO/c1-8-9(7-18)6-14-17(8)13-15-11-5-3-2-4-10(11)12(19)16-13;1-7-5-6-3-2-4-8-6/h6-7H,2-5H2,1H3,(H,15,16,19);2-4,7H,5H2,1H3. The summed E-state index contributed by atoms with van der Waals surface area (Å²) in [5.74, 6) is 1.36. The number of aryl methyl sites for hydroxylation is 1. The van der Waals surface area contributed by atoms with Crippen molar-refractivity contribution < 1.29 is 9.21 Å². The molecule has 0 radical (unpaired) electrons. The van der Waals surface area contributed by atoms with E-state index in [-0.39, 0.29) is 5.56 Å². The number of carbonyl (C=O) groups is 1. The molecule has 2 N–H and O–H groups in total. The minimum Gasteiger partial charge on any atom is -0.468 e. The normalized spacial score (nSPS) is 12.8. The first-order chi connectivity index (χ1) is 13.1. The van der Waals surface area contributed by atoms with Crippen molar-refractivity contribution in [1.29, 1.82) is 0 Å². The van der Waals surface area contributed by atoms with Crippen molar-refractivity contribution in [3.05, 3.63) is 63.2 Å². The predicted octanol–water partition coefficient (Wildman–Crippen LogP) is 1.95. The van der Waals surface area contributed by atoms with Gasteiger partial charge in [-0.3, -0.25) is 14.6 Å². The van der Waals surface area contributed by atoms with E-state index in [2.05, 4.69) is 20.4 Å². The van der Waals surface area contributed by atoms with E-state index in [9.17, 15) is 9.59 Å². The van der Waals surface area contributed by atoms with E-state index in [1.807, 2.05) is 19.2 Å². The Kier molecular flexibility index (Phi) is 5.97. The fourth-order valence-electron chi connectivity index (χ4n) is 3.03. The minimum absolute atomic E-state index is 0.0951. The molecule has 1 aliphatic rings. The van der Waals surface area contributed by atoms with Gasteiger partial charge in [-0.25, -0.2) is 9.67 Å². The van der Waals surface area contributed by atoms with Crippen LogP contribution in [0.25, 0.3) is 5.95 Å². The summed E-state index contributed by atoms with van der Waals surface area (Å²) >= 11 is 0. The van der Waals surface area contributed by atoms with Gasteiger partial charge in [0.05, 0.1) is 36.0 Å². The third-order valence-corrected chi connectivity index (χ3v) is 4.49. The molecule has 3 aromatic heterocycles. The van der Waals surface area contributed by atoms with Crippen LogP contribution in [0.1, 0.15) is 45.9 Å². The van der Waals surface area contributed by atoms with Gasteiger partial charge in [-0.05, 0) is 51.8 Å². The van der Waals surface area contributed by atoms with Crippen LogP contribution in [0, 0.1) is 6.92 Å². The van der Waals surface area contributed by atoms with Gasteiger partial charge in [0.1, 0.15) is 5.76 Å². The zero-order valence-electron chi connectivity index (χ0n) is 15.5. The Bertz CT molecular complexity index is 956. The summed E-state index contributed by atoms with van der Waals surface area (Å²) in [7, 11) is 1.89. The van der Waals surface area contributed by atoms with E-state index in [1.165, 1.54) is 10.9 Å². The monoisotopic (exact) mass is 369 g/mol. The van der Waals surface area contributed by atoms with E-state index in [0.29, 0.717) is 17.2 Å². The van der Waals surface area contributed by atoms with Crippen LogP contribution in [-0.2, 0) is 19.4 Å². The molecular formula is C19H23N5O3. The molecule has 0 fully saturated rings. The summed E-state index contributed by atoms with van der Waals surface area (Å²) in [5.41, 5.74) is 2.72. The maximum Gasteiger partial charge on any atom is 0.255 e. The third kappa shape index (κ3) is 4.22. The first-order valence-corrected chi connectivity index (χ1v) is 8.93. The molecule has 0 unspecified atom stereocenters. The molecule has 0 saturated heterocycles. The number of fused-ring (bicyclic) bond motifs is 1. The number of hydrogen-bond acceptors (Lipinski definition) is 6. The molecule has 142 valence electrons. The number of nitrogens with zero attached hydrogens (tertiary/aromatic N) is 3. The molecule has 0 spiro atoms. The smallest absolute Gasteiger partial charge is 0.255 e. The van der Waals surface area contributed by atoms with Gasteiger partial charge in [-0.2, -0.15) is 5.10 Å². The van der Waals surface area contributed by atoms with Gasteiger partial charge < -0.3 is 9.73 Å². The fraction of sp³-hybridized carbons (Fsp3) is 0.368. The lowest BCUT2D eigenvalue weighted by atomic mass is 9.97. The SMILES string of the molecule is CNCc1ccco1.Cc1c(C=O)cnn1-c1nc2c(c(=O)[nH]1)CCCC2. The second kappa shape index (κ2) is 8.59. The van der Waals surface area contributed by atoms with Crippen molar-refractivity contribution in [2.45, 2.75) is 39.2 Å². The molecule has 0 amide bonds. The Hall–Kier alpha value is -3.00. The van der Waals surface area contributed by atoms with Gasteiger partial charge in [0, 0.05) is 5.56 Å². The Labute approximate surface area is 156 Å². The van der Waals surface area contributed by atoms with Crippen LogP contribution in [0.2, 0.25) is 0 Å². The second-order valence-corrected chi connectivity index (χ2v) is 6.35. The predicted molar refractivity (Wildman–Crippen MR) is 100 cm³/mol. The largest absolute Gasteiger partial charge is 0.468 e. The van der Waals surface area contributed by atoms with Gasteiger partial charge in [-0.1, -0.05) is 0 Å². The van der Waals surface area contributed by atoms with E-state index >= 15 is 0 Å². The highest BCUT2D eigenvalue weighted by molar-refractivity contribution is 5.76. The molecule has 0 aromatic carbocycles. The summed E-state index contributed by atoms with van der Waals surface area (Å²) in [6, 6.07) is 3.82. The first kappa shape index (κ1) is 18.8. The number of hydrogen-bond donors (Lipinski definition) is 2. The zero-order valence-corrected chi connectivity index (χ0v) is 15.5. The van der Waals surface area contributed by atoms with Crippen LogP contribution >= 0.6 is 0 Å². The first-order valence-electron chi connectivity index (χ1n) is 8.93. The molecule has 0 bridgehead atoms. The number of nitrogens with one attached hydrogen (secondary N) is 2. The molecule has 1 aliphatic carbocycles. The van der Waals surface area contributed by atoms with Crippen LogP contribution in [0.15, 0.2) is 33.8 Å². The lowest BCUT2D eigenvalue weighted by Crippen LogP contribution is -2.24. The maximum absolute atomic E-state index is 12.0. The number of aromatic nitrogens is 4. The molecule has 3 heterocycles. The van der Waals surface area contributed by atoms with E-state index < -0.39 is 0 Å². The van der Waals surface area contributed by atoms with Crippen LogP contribution in [0.3, 0.4) is 0 Å². The van der Waals surface area contributed by atoms with Gasteiger partial charge >= 0.3 is 0 Å². The molecule has 0 aliphatic heterocycles. The molecule has 8 heteroatoms. The van der Waals surface area contributed by atoms with E-state index in [0.717, 1.165) is 55.5 Å². The Balaban J connectivity index is 0.000000221. The quantitative estimate of drug-likeness (QED) is 0.681. The summed E-state index contributed by atoms with van der Waals surface area (Å²) < 4.78 is 6.51. The number of furan rings is 1. The molecule has 4 rings (SSSR count). The minimum atomic E-state index is -0.0951. The number of rotatable bonds is 4. The Morgan fingerprint density at radius 1 is 1.37 bits per heavy atom. The van der Waals surface area contributed by atoms with Crippen molar-refractivity contribution in [3.63, 3.8) is 0 Å². The maximum atomic E-state index is 12.0. The molecule has 8 nitrogen and oxygen atoms in total. The lowest BCUT2D eigenvalue weighted by molar-refractivity contribution is 0.112. The van der Waals surface area contributed by atoms with Crippen molar-refractivity contribution in [1.82, 2.24) is 25.1 Å². The fourth-order valence-corrected chi connectivity index (χ4v) is 3.03. The number of H-pyrrole nitrogens is 1. The topological polar surface area (TPSA) is 106 Å². The van der Waals surface area contributed by atoms with Crippen LogP contribution in [0.4, 0.5) is 0 Å². The van der Waals surface area contributed by atoms with Crippen molar-refractivity contribution in [2.75, 3.05) is 7.05 Å². The van der Waals surface area contributed by atoms with Crippen molar-refractivity contribution >= 4 is 6.29 Å². The molecular weight excluding hydrogens is 346 g/mol. The lowest BCUT2D eigenvalue weighted by Gasteiger charge is -2.14. The van der Waals surface area contributed by atoms with Gasteiger partial charge in [0.2, 0.25) is 5.95 Å². The number of aldehydes is 1. The van der Waals surface area contributed by atoms with Crippen LogP contribution in [-0.4, -0.2) is 33.1 Å². The summed E-state index contributed by atoms with van der Waals surface area (Å²) in [4.78, 5) is 30.1.